The van der Waals surface area contributed by atoms with Gasteiger partial charge in [0.1, 0.15) is 5.75 Å². The zero-order valence-electron chi connectivity index (χ0n) is 13.3. The Bertz CT molecular complexity index is 874. The van der Waals surface area contributed by atoms with Crippen molar-refractivity contribution in [3.8, 4) is 11.5 Å². The van der Waals surface area contributed by atoms with Crippen molar-refractivity contribution in [1.82, 2.24) is 0 Å². The number of para-hydroxylation sites is 1. The first-order chi connectivity index (χ1) is 11.5. The molecule has 0 aliphatic carbocycles. The van der Waals surface area contributed by atoms with Crippen LogP contribution < -0.4 is 10.1 Å². The first-order valence-electron chi connectivity index (χ1n) is 7.43. The van der Waals surface area contributed by atoms with Gasteiger partial charge in [-0.2, -0.15) is 0 Å². The molecule has 0 spiro atoms. The van der Waals surface area contributed by atoms with Gasteiger partial charge in [0.15, 0.2) is 5.75 Å². The molecule has 24 heavy (non-hydrogen) atoms. The van der Waals surface area contributed by atoms with Crippen LogP contribution in [-0.2, 0) is 0 Å². The highest BCUT2D eigenvalue weighted by Gasteiger charge is 2.15. The number of nitrogens with one attached hydrogen (secondary N) is 1. The molecule has 1 N–H and O–H groups in total. The summed E-state index contributed by atoms with van der Waals surface area (Å²) >= 11 is 7.64. The zero-order valence-corrected chi connectivity index (χ0v) is 14.9. The second-order valence-corrected chi connectivity index (χ2v) is 6.86. The topological polar surface area (TPSA) is 38.3 Å². The predicted molar refractivity (Wildman–Crippen MR) is 99.7 cm³/mol. The molecule has 3 aromatic rings. The number of carbonyl (C=O) groups excluding carboxylic acids is 1. The second kappa shape index (κ2) is 7.07. The van der Waals surface area contributed by atoms with Crippen molar-refractivity contribution in [2.75, 3.05) is 5.32 Å². The molecule has 2 aromatic carbocycles. The lowest BCUT2D eigenvalue weighted by molar-refractivity contribution is 0.102. The lowest BCUT2D eigenvalue weighted by atomic mass is 10.1. The molecule has 0 atom stereocenters. The highest BCUT2D eigenvalue weighted by Crippen LogP contribution is 2.33. The molecule has 0 bridgehead atoms. The van der Waals surface area contributed by atoms with E-state index < -0.39 is 0 Å². The number of aryl methyl sites for hydroxylation is 1. The minimum Gasteiger partial charge on any atom is -0.455 e. The van der Waals surface area contributed by atoms with Gasteiger partial charge in [0.05, 0.1) is 11.3 Å². The number of hydrogen-bond donors (Lipinski definition) is 1. The summed E-state index contributed by atoms with van der Waals surface area (Å²) in [6.45, 7) is 3.94. The van der Waals surface area contributed by atoms with Gasteiger partial charge in [0, 0.05) is 15.3 Å². The van der Waals surface area contributed by atoms with Gasteiger partial charge >= 0.3 is 0 Å². The number of halogens is 1. The Hall–Kier alpha value is -2.30. The number of anilines is 1. The lowest BCUT2D eigenvalue weighted by Crippen LogP contribution is -2.13. The molecule has 3 nitrogen and oxygen atoms in total. The summed E-state index contributed by atoms with van der Waals surface area (Å²) in [5, 5.41) is 5.30. The van der Waals surface area contributed by atoms with Gasteiger partial charge in [-0.3, -0.25) is 4.79 Å². The van der Waals surface area contributed by atoms with Crippen LogP contribution >= 0.6 is 22.9 Å². The molecule has 122 valence electrons. The van der Waals surface area contributed by atoms with Crippen LogP contribution in [0.3, 0.4) is 0 Å². The molecule has 0 radical (unpaired) electrons. The first-order valence-corrected chi connectivity index (χ1v) is 8.69. The maximum atomic E-state index is 12.6. The van der Waals surface area contributed by atoms with E-state index in [-0.39, 0.29) is 5.91 Å². The average Bonchev–Trinajstić information content (AvgIpc) is 2.90. The number of carbonyl (C=O) groups is 1. The molecule has 0 aliphatic heterocycles. The molecule has 1 amide bonds. The summed E-state index contributed by atoms with van der Waals surface area (Å²) in [6.07, 6.45) is 0. The van der Waals surface area contributed by atoms with Crippen LogP contribution in [0.4, 0.5) is 5.69 Å². The standard InChI is InChI=1S/C19H16ClNO2S/c1-12-13(2)24-11-16(12)19(22)21-17-10-14(20)8-9-18(17)23-15-6-4-3-5-7-15/h3-11H,1-2H3,(H,21,22). The summed E-state index contributed by atoms with van der Waals surface area (Å²) in [5.74, 6) is 1.07. The van der Waals surface area contributed by atoms with Crippen LogP contribution in [0.5, 0.6) is 11.5 Å². The highest BCUT2D eigenvalue weighted by molar-refractivity contribution is 7.10. The number of hydrogen-bond acceptors (Lipinski definition) is 3. The van der Waals surface area contributed by atoms with E-state index in [1.54, 1.807) is 29.5 Å². The first kappa shape index (κ1) is 16.6. The van der Waals surface area contributed by atoms with Gasteiger partial charge in [0.2, 0.25) is 0 Å². The maximum Gasteiger partial charge on any atom is 0.256 e. The minimum atomic E-state index is -0.169. The second-order valence-electron chi connectivity index (χ2n) is 5.34. The fraction of sp³-hybridized carbons (Fsp3) is 0.105. The number of ether oxygens (including phenoxy) is 1. The van der Waals surface area contributed by atoms with Crippen molar-refractivity contribution >= 4 is 34.5 Å². The van der Waals surface area contributed by atoms with Crippen LogP contribution in [-0.4, -0.2) is 5.91 Å². The van der Waals surface area contributed by atoms with Crippen LogP contribution in [0.1, 0.15) is 20.8 Å². The Morgan fingerprint density at radius 1 is 1.12 bits per heavy atom. The molecule has 5 heteroatoms. The maximum absolute atomic E-state index is 12.6. The van der Waals surface area contributed by atoms with Crippen molar-refractivity contribution in [3.63, 3.8) is 0 Å². The SMILES string of the molecule is Cc1scc(C(=O)Nc2cc(Cl)ccc2Oc2ccccc2)c1C. The molecule has 0 fully saturated rings. The summed E-state index contributed by atoms with van der Waals surface area (Å²) in [4.78, 5) is 13.7. The third-order valence-electron chi connectivity index (χ3n) is 3.69. The normalized spacial score (nSPS) is 10.5. The van der Waals surface area contributed by atoms with Crippen molar-refractivity contribution < 1.29 is 9.53 Å². The van der Waals surface area contributed by atoms with Crippen molar-refractivity contribution in [3.05, 3.63) is 74.9 Å². The van der Waals surface area contributed by atoms with Crippen molar-refractivity contribution in [2.24, 2.45) is 0 Å². The lowest BCUT2D eigenvalue weighted by Gasteiger charge is -2.13. The van der Waals surface area contributed by atoms with Crippen LogP contribution in [0.2, 0.25) is 5.02 Å². The third kappa shape index (κ3) is 3.61. The van der Waals surface area contributed by atoms with Crippen molar-refractivity contribution in [1.29, 1.82) is 0 Å². The molecular formula is C19H16ClNO2S. The van der Waals surface area contributed by atoms with Gasteiger partial charge in [-0.25, -0.2) is 0 Å². The van der Waals surface area contributed by atoms with Crippen LogP contribution in [0.25, 0.3) is 0 Å². The van der Waals surface area contributed by atoms with E-state index in [4.69, 9.17) is 16.3 Å². The summed E-state index contributed by atoms with van der Waals surface area (Å²) in [6, 6.07) is 14.6. The van der Waals surface area contributed by atoms with Crippen LogP contribution in [0.15, 0.2) is 53.9 Å². The molecule has 0 saturated heterocycles. The Balaban J connectivity index is 1.88. The number of amides is 1. The molecule has 0 saturated carbocycles. The van der Waals surface area contributed by atoms with Gasteiger partial charge < -0.3 is 10.1 Å². The monoisotopic (exact) mass is 357 g/mol. The van der Waals surface area contributed by atoms with Gasteiger partial charge in [-0.1, -0.05) is 29.8 Å². The molecule has 3 rings (SSSR count). The Morgan fingerprint density at radius 3 is 2.54 bits per heavy atom. The molecule has 0 aliphatic rings. The predicted octanol–water partition coefficient (Wildman–Crippen LogP) is 6.06. The van der Waals surface area contributed by atoms with Gasteiger partial charge in [-0.15, -0.1) is 11.3 Å². The van der Waals surface area contributed by atoms with E-state index in [1.165, 1.54) is 0 Å². The summed E-state index contributed by atoms with van der Waals surface area (Å²) in [7, 11) is 0. The van der Waals surface area contributed by atoms with E-state index in [1.807, 2.05) is 49.6 Å². The summed E-state index contributed by atoms with van der Waals surface area (Å²) in [5.41, 5.74) is 2.20. The molecular weight excluding hydrogens is 342 g/mol. The van der Waals surface area contributed by atoms with E-state index in [0.717, 1.165) is 10.4 Å². The molecule has 1 aromatic heterocycles. The average molecular weight is 358 g/mol. The quantitative estimate of drug-likeness (QED) is 0.616. The largest absolute Gasteiger partial charge is 0.455 e. The third-order valence-corrected chi connectivity index (χ3v) is 4.94. The van der Waals surface area contributed by atoms with Crippen LogP contribution in [0, 0.1) is 13.8 Å². The molecule has 0 unspecified atom stereocenters. The van der Waals surface area contributed by atoms with E-state index in [0.29, 0.717) is 27.8 Å². The zero-order chi connectivity index (χ0) is 17.1. The fourth-order valence-electron chi connectivity index (χ4n) is 2.23. The Labute approximate surface area is 149 Å². The Morgan fingerprint density at radius 2 is 1.88 bits per heavy atom. The van der Waals surface area contributed by atoms with E-state index in [9.17, 15) is 4.79 Å². The van der Waals surface area contributed by atoms with Gasteiger partial charge in [-0.05, 0) is 49.7 Å². The minimum absolute atomic E-state index is 0.169. The van der Waals surface area contributed by atoms with Gasteiger partial charge in [0.25, 0.3) is 5.91 Å². The number of rotatable bonds is 4. The summed E-state index contributed by atoms with van der Waals surface area (Å²) < 4.78 is 5.87. The number of benzene rings is 2. The molecule has 1 heterocycles. The van der Waals surface area contributed by atoms with E-state index >= 15 is 0 Å². The number of thiophene rings is 1. The smallest absolute Gasteiger partial charge is 0.256 e. The van der Waals surface area contributed by atoms with Crippen molar-refractivity contribution in [2.45, 2.75) is 13.8 Å². The van der Waals surface area contributed by atoms with E-state index in [2.05, 4.69) is 5.32 Å². The fourth-order valence-corrected chi connectivity index (χ4v) is 3.27. The Kier molecular flexibility index (Phi) is 4.88. The highest BCUT2D eigenvalue weighted by atomic mass is 35.5.